The van der Waals surface area contributed by atoms with Gasteiger partial charge in [-0.05, 0) is 55.0 Å². The molecule has 1 unspecified atom stereocenters. The lowest BCUT2D eigenvalue weighted by atomic mass is 10.1. The molecule has 0 saturated heterocycles. The molecular weight excluding hydrogens is 332 g/mol. The number of anilines is 1. The summed E-state index contributed by atoms with van der Waals surface area (Å²) in [6.45, 7) is 3.05. The summed E-state index contributed by atoms with van der Waals surface area (Å²) in [4.78, 5) is 3.94. The van der Waals surface area contributed by atoms with E-state index in [2.05, 4.69) is 63.5 Å². The standard InChI is InChI=1S/C16H19BrN2S/c1-11(18)15-9-12(17)4-7-16(15)19(13-5-6-13)10-14-3-2-8-20-14/h2-4,7-9,11,13H,5-6,10,18H2,1H3. The Morgan fingerprint density at radius 1 is 1.40 bits per heavy atom. The minimum Gasteiger partial charge on any atom is -0.363 e. The van der Waals surface area contributed by atoms with Crippen LogP contribution < -0.4 is 10.6 Å². The van der Waals surface area contributed by atoms with Crippen LogP contribution in [0.3, 0.4) is 0 Å². The van der Waals surface area contributed by atoms with Crippen molar-refractivity contribution in [1.82, 2.24) is 0 Å². The molecule has 2 N–H and O–H groups in total. The Hall–Kier alpha value is -0.840. The van der Waals surface area contributed by atoms with E-state index in [1.54, 1.807) is 0 Å². The largest absolute Gasteiger partial charge is 0.363 e. The summed E-state index contributed by atoms with van der Waals surface area (Å²) >= 11 is 5.38. The molecule has 1 aromatic carbocycles. The highest BCUT2D eigenvalue weighted by molar-refractivity contribution is 9.10. The number of thiophene rings is 1. The lowest BCUT2D eigenvalue weighted by Gasteiger charge is -2.28. The lowest BCUT2D eigenvalue weighted by Crippen LogP contribution is -2.26. The molecule has 1 aliphatic carbocycles. The van der Waals surface area contributed by atoms with E-state index in [9.17, 15) is 0 Å². The van der Waals surface area contributed by atoms with Gasteiger partial charge in [0.15, 0.2) is 0 Å². The fourth-order valence-corrected chi connectivity index (χ4v) is 3.60. The number of hydrogen-bond donors (Lipinski definition) is 1. The molecule has 3 rings (SSSR count). The van der Waals surface area contributed by atoms with E-state index in [0.717, 1.165) is 11.0 Å². The Morgan fingerprint density at radius 2 is 2.20 bits per heavy atom. The smallest absolute Gasteiger partial charge is 0.0526 e. The van der Waals surface area contributed by atoms with E-state index >= 15 is 0 Å². The predicted octanol–water partition coefficient (Wildman–Crippen LogP) is 4.70. The molecule has 1 fully saturated rings. The summed E-state index contributed by atoms with van der Waals surface area (Å²) < 4.78 is 1.10. The second-order valence-corrected chi connectivity index (χ2v) is 7.38. The van der Waals surface area contributed by atoms with Crippen molar-refractivity contribution in [2.75, 3.05) is 4.90 Å². The second-order valence-electron chi connectivity index (χ2n) is 5.43. The Kier molecular flexibility index (Phi) is 4.15. The van der Waals surface area contributed by atoms with Gasteiger partial charge < -0.3 is 10.6 Å². The van der Waals surface area contributed by atoms with Gasteiger partial charge in [-0.2, -0.15) is 0 Å². The number of nitrogens with zero attached hydrogens (tertiary/aromatic N) is 1. The van der Waals surface area contributed by atoms with Crippen LogP contribution in [0.4, 0.5) is 5.69 Å². The molecule has 2 aromatic rings. The van der Waals surface area contributed by atoms with Gasteiger partial charge in [0.2, 0.25) is 0 Å². The zero-order valence-electron chi connectivity index (χ0n) is 11.6. The quantitative estimate of drug-likeness (QED) is 0.846. The average molecular weight is 351 g/mol. The van der Waals surface area contributed by atoms with Crippen LogP contribution in [0.5, 0.6) is 0 Å². The van der Waals surface area contributed by atoms with Gasteiger partial charge in [0.25, 0.3) is 0 Å². The van der Waals surface area contributed by atoms with Crippen LogP contribution in [-0.2, 0) is 6.54 Å². The van der Waals surface area contributed by atoms with Crippen molar-refractivity contribution >= 4 is 33.0 Å². The maximum atomic E-state index is 6.17. The molecule has 0 radical (unpaired) electrons. The zero-order chi connectivity index (χ0) is 14.1. The second kappa shape index (κ2) is 5.88. The van der Waals surface area contributed by atoms with Crippen molar-refractivity contribution in [2.45, 2.75) is 38.4 Å². The van der Waals surface area contributed by atoms with Gasteiger partial charge in [0.1, 0.15) is 0 Å². The first-order chi connectivity index (χ1) is 9.65. The van der Waals surface area contributed by atoms with Gasteiger partial charge in [0.05, 0.1) is 6.54 Å². The molecule has 1 saturated carbocycles. The monoisotopic (exact) mass is 350 g/mol. The summed E-state index contributed by atoms with van der Waals surface area (Å²) in [7, 11) is 0. The first kappa shape index (κ1) is 14.1. The van der Waals surface area contributed by atoms with Gasteiger partial charge >= 0.3 is 0 Å². The van der Waals surface area contributed by atoms with Crippen molar-refractivity contribution < 1.29 is 0 Å². The molecule has 0 spiro atoms. The highest BCUT2D eigenvalue weighted by Crippen LogP contribution is 2.38. The molecule has 1 aromatic heterocycles. The highest BCUT2D eigenvalue weighted by Gasteiger charge is 2.31. The summed E-state index contributed by atoms with van der Waals surface area (Å²) in [5.74, 6) is 0. The van der Waals surface area contributed by atoms with Crippen molar-refractivity contribution in [3.63, 3.8) is 0 Å². The van der Waals surface area contributed by atoms with Gasteiger partial charge in [-0.3, -0.25) is 0 Å². The summed E-state index contributed by atoms with van der Waals surface area (Å²) in [6.07, 6.45) is 2.58. The minimum absolute atomic E-state index is 0.0482. The van der Waals surface area contributed by atoms with Crippen LogP contribution in [0.2, 0.25) is 0 Å². The van der Waals surface area contributed by atoms with E-state index in [-0.39, 0.29) is 6.04 Å². The van der Waals surface area contributed by atoms with Crippen molar-refractivity contribution in [1.29, 1.82) is 0 Å². The van der Waals surface area contributed by atoms with E-state index in [1.807, 2.05) is 11.3 Å². The summed E-state index contributed by atoms with van der Waals surface area (Å²) in [5, 5.41) is 2.15. The Bertz CT molecular complexity index is 576. The Morgan fingerprint density at radius 3 is 2.80 bits per heavy atom. The van der Waals surface area contributed by atoms with Gasteiger partial charge in [-0.15, -0.1) is 11.3 Å². The molecule has 1 aliphatic rings. The predicted molar refractivity (Wildman–Crippen MR) is 90.3 cm³/mol. The number of nitrogens with two attached hydrogens (primary N) is 1. The minimum atomic E-state index is 0.0482. The van der Waals surface area contributed by atoms with Crippen LogP contribution >= 0.6 is 27.3 Å². The topological polar surface area (TPSA) is 29.3 Å². The third kappa shape index (κ3) is 3.08. The van der Waals surface area contributed by atoms with E-state index in [4.69, 9.17) is 5.73 Å². The van der Waals surface area contributed by atoms with Gasteiger partial charge in [-0.25, -0.2) is 0 Å². The van der Waals surface area contributed by atoms with Crippen molar-refractivity contribution in [2.24, 2.45) is 5.73 Å². The fraction of sp³-hybridized carbons (Fsp3) is 0.375. The van der Waals surface area contributed by atoms with Crippen LogP contribution in [0.25, 0.3) is 0 Å². The highest BCUT2D eigenvalue weighted by atomic mass is 79.9. The molecular formula is C16H19BrN2S. The van der Waals surface area contributed by atoms with E-state index in [0.29, 0.717) is 6.04 Å². The maximum Gasteiger partial charge on any atom is 0.0526 e. The van der Waals surface area contributed by atoms with Crippen LogP contribution in [0.15, 0.2) is 40.2 Å². The molecule has 0 aliphatic heterocycles. The Labute approximate surface area is 132 Å². The number of benzene rings is 1. The average Bonchev–Trinajstić information content (AvgIpc) is 3.13. The summed E-state index contributed by atoms with van der Waals surface area (Å²) in [6, 6.07) is 11.5. The number of hydrogen-bond acceptors (Lipinski definition) is 3. The third-order valence-electron chi connectivity index (χ3n) is 3.68. The van der Waals surface area contributed by atoms with E-state index in [1.165, 1.54) is 29.0 Å². The number of rotatable bonds is 5. The van der Waals surface area contributed by atoms with Crippen LogP contribution in [0, 0.1) is 0 Å². The lowest BCUT2D eigenvalue weighted by molar-refractivity contribution is 0.762. The SMILES string of the molecule is CC(N)c1cc(Br)ccc1N(Cc1cccs1)C1CC1. The molecule has 106 valence electrons. The van der Waals surface area contributed by atoms with Crippen molar-refractivity contribution in [3.05, 3.63) is 50.6 Å². The number of halogens is 1. The molecule has 0 bridgehead atoms. The fourth-order valence-electron chi connectivity index (χ4n) is 2.52. The molecule has 4 heteroatoms. The maximum absolute atomic E-state index is 6.17. The molecule has 1 atom stereocenters. The van der Waals surface area contributed by atoms with Gasteiger partial charge in [-0.1, -0.05) is 22.0 Å². The molecule has 2 nitrogen and oxygen atoms in total. The third-order valence-corrected chi connectivity index (χ3v) is 5.04. The van der Waals surface area contributed by atoms with Crippen LogP contribution in [0.1, 0.15) is 36.2 Å². The normalized spacial score (nSPS) is 16.1. The summed E-state index contributed by atoms with van der Waals surface area (Å²) in [5.41, 5.74) is 8.69. The van der Waals surface area contributed by atoms with Crippen molar-refractivity contribution in [3.8, 4) is 0 Å². The van der Waals surface area contributed by atoms with Crippen LogP contribution in [-0.4, -0.2) is 6.04 Å². The molecule has 1 heterocycles. The molecule has 20 heavy (non-hydrogen) atoms. The first-order valence-electron chi connectivity index (χ1n) is 6.99. The Balaban J connectivity index is 1.95. The molecule has 0 amide bonds. The van der Waals surface area contributed by atoms with Gasteiger partial charge in [0, 0.05) is 27.1 Å². The zero-order valence-corrected chi connectivity index (χ0v) is 14.0. The van der Waals surface area contributed by atoms with E-state index < -0.39 is 0 Å². The first-order valence-corrected chi connectivity index (χ1v) is 8.66.